The number of nitrogens with one attached hydrogen (secondary N) is 1. The second-order valence-electron chi connectivity index (χ2n) is 7.63. The molecule has 7 nitrogen and oxygen atoms in total. The van der Waals surface area contributed by atoms with Gasteiger partial charge in [0.1, 0.15) is 0 Å². The van der Waals surface area contributed by atoms with Crippen molar-refractivity contribution in [3.63, 3.8) is 0 Å². The first-order valence-corrected chi connectivity index (χ1v) is 11.4. The number of sulfone groups is 1. The molecule has 148 valence electrons. The van der Waals surface area contributed by atoms with Crippen LogP contribution in [-0.4, -0.2) is 74.5 Å². The van der Waals surface area contributed by atoms with Crippen LogP contribution in [-0.2, 0) is 9.84 Å². The zero-order valence-electron chi connectivity index (χ0n) is 15.3. The van der Waals surface area contributed by atoms with Crippen LogP contribution < -0.4 is 10.2 Å². The standard InChI is InChI=1S/C18H26FN5O2S/c19-16-2-1-6-20-17(16)23-7-9-24(10-8-23)18(22-15-3-4-15)21-12-14-5-11-27(25,26)13-14/h1-2,6,14-15H,3-5,7-13H2,(H,21,22). The molecule has 1 aromatic heterocycles. The smallest absolute Gasteiger partial charge is 0.194 e. The molecule has 9 heteroatoms. The van der Waals surface area contributed by atoms with Gasteiger partial charge in [-0.15, -0.1) is 0 Å². The van der Waals surface area contributed by atoms with Gasteiger partial charge in [0.2, 0.25) is 0 Å². The van der Waals surface area contributed by atoms with Crippen LogP contribution in [0, 0.1) is 11.7 Å². The lowest BCUT2D eigenvalue weighted by molar-refractivity contribution is 0.367. The van der Waals surface area contributed by atoms with E-state index in [2.05, 4.69) is 15.2 Å². The third-order valence-corrected chi connectivity index (χ3v) is 7.19. The molecule has 2 aliphatic heterocycles. The number of nitrogens with zero attached hydrogens (tertiary/aromatic N) is 4. The molecule has 1 aromatic rings. The van der Waals surface area contributed by atoms with Gasteiger partial charge < -0.3 is 15.1 Å². The number of aliphatic imine (C=N–C) groups is 1. The zero-order valence-corrected chi connectivity index (χ0v) is 16.2. The number of hydrogen-bond acceptors (Lipinski definition) is 5. The Kier molecular flexibility index (Phi) is 5.21. The van der Waals surface area contributed by atoms with Crippen LogP contribution in [0.1, 0.15) is 19.3 Å². The second kappa shape index (κ2) is 7.61. The average Bonchev–Trinajstić information content (AvgIpc) is 3.41. The molecule has 0 bridgehead atoms. The highest BCUT2D eigenvalue weighted by atomic mass is 32.2. The lowest BCUT2D eigenvalue weighted by Gasteiger charge is -2.37. The van der Waals surface area contributed by atoms with E-state index in [0.717, 1.165) is 31.9 Å². The maximum absolute atomic E-state index is 14.0. The summed E-state index contributed by atoms with van der Waals surface area (Å²) in [6.07, 6.45) is 4.61. The molecule has 0 spiro atoms. The van der Waals surface area contributed by atoms with E-state index in [1.807, 2.05) is 4.90 Å². The van der Waals surface area contributed by atoms with Gasteiger partial charge in [0.25, 0.3) is 0 Å². The molecule has 0 amide bonds. The Labute approximate surface area is 159 Å². The average molecular weight is 396 g/mol. The highest BCUT2D eigenvalue weighted by molar-refractivity contribution is 7.91. The van der Waals surface area contributed by atoms with Crippen molar-refractivity contribution in [3.05, 3.63) is 24.1 Å². The van der Waals surface area contributed by atoms with Crippen LogP contribution in [0.2, 0.25) is 0 Å². The molecule has 0 aromatic carbocycles. The highest BCUT2D eigenvalue weighted by Gasteiger charge is 2.30. The van der Waals surface area contributed by atoms with Gasteiger partial charge in [-0.05, 0) is 37.3 Å². The second-order valence-corrected chi connectivity index (χ2v) is 9.86. The summed E-state index contributed by atoms with van der Waals surface area (Å²) in [5, 5.41) is 3.49. The van der Waals surface area contributed by atoms with Gasteiger partial charge in [-0.25, -0.2) is 17.8 Å². The summed E-state index contributed by atoms with van der Waals surface area (Å²) in [6.45, 7) is 3.37. The Balaban J connectivity index is 1.38. The first-order valence-electron chi connectivity index (χ1n) is 9.62. The Morgan fingerprint density at radius 1 is 1.26 bits per heavy atom. The zero-order chi connectivity index (χ0) is 18.9. The summed E-state index contributed by atoms with van der Waals surface area (Å²) in [5.74, 6) is 1.63. The molecule has 4 rings (SSSR count). The van der Waals surface area contributed by atoms with Crippen molar-refractivity contribution in [2.75, 3.05) is 49.1 Å². The number of halogens is 1. The van der Waals surface area contributed by atoms with E-state index in [4.69, 9.17) is 4.99 Å². The SMILES string of the molecule is O=S1(=O)CCC(CN=C(NC2CC2)N2CCN(c3ncccc3F)CC2)C1. The maximum atomic E-state index is 14.0. The fourth-order valence-electron chi connectivity index (χ4n) is 3.62. The van der Waals surface area contributed by atoms with E-state index >= 15 is 0 Å². The first kappa shape index (κ1) is 18.5. The fourth-order valence-corrected chi connectivity index (χ4v) is 5.47. The molecule has 1 aliphatic carbocycles. The van der Waals surface area contributed by atoms with Crippen molar-refractivity contribution in [3.8, 4) is 0 Å². The van der Waals surface area contributed by atoms with Crippen molar-refractivity contribution in [1.82, 2.24) is 15.2 Å². The molecule has 3 fully saturated rings. The number of aromatic nitrogens is 1. The molecule has 3 heterocycles. The fraction of sp³-hybridized carbons (Fsp3) is 0.667. The van der Waals surface area contributed by atoms with Crippen molar-refractivity contribution < 1.29 is 12.8 Å². The Hall–Kier alpha value is -1.90. The van der Waals surface area contributed by atoms with E-state index in [0.29, 0.717) is 37.9 Å². The third kappa shape index (κ3) is 4.69. The molecule has 1 N–H and O–H groups in total. The minimum absolute atomic E-state index is 0.120. The van der Waals surface area contributed by atoms with Crippen LogP contribution in [0.15, 0.2) is 23.3 Å². The van der Waals surface area contributed by atoms with E-state index < -0.39 is 9.84 Å². The predicted octanol–water partition coefficient (Wildman–Crippen LogP) is 0.885. The van der Waals surface area contributed by atoms with Crippen LogP contribution in [0.3, 0.4) is 0 Å². The summed E-state index contributed by atoms with van der Waals surface area (Å²) in [7, 11) is -2.87. The number of anilines is 1. The van der Waals surface area contributed by atoms with Crippen LogP contribution >= 0.6 is 0 Å². The molecule has 1 saturated carbocycles. The van der Waals surface area contributed by atoms with Gasteiger partial charge in [-0.1, -0.05) is 0 Å². The molecular weight excluding hydrogens is 369 g/mol. The summed E-state index contributed by atoms with van der Waals surface area (Å²) < 4.78 is 37.3. The Bertz CT molecular complexity index is 804. The minimum atomic E-state index is -2.87. The van der Waals surface area contributed by atoms with Crippen LogP contribution in [0.25, 0.3) is 0 Å². The van der Waals surface area contributed by atoms with Crippen LogP contribution in [0.4, 0.5) is 10.2 Å². The molecule has 1 unspecified atom stereocenters. The lowest BCUT2D eigenvalue weighted by atomic mass is 10.1. The van der Waals surface area contributed by atoms with Crippen molar-refractivity contribution in [2.24, 2.45) is 10.9 Å². The monoisotopic (exact) mass is 395 g/mol. The molecule has 1 atom stereocenters. The summed E-state index contributed by atoms with van der Waals surface area (Å²) in [4.78, 5) is 13.1. The van der Waals surface area contributed by atoms with Gasteiger partial charge in [-0.2, -0.15) is 0 Å². The van der Waals surface area contributed by atoms with E-state index in [1.165, 1.54) is 6.07 Å². The minimum Gasteiger partial charge on any atom is -0.354 e. The maximum Gasteiger partial charge on any atom is 0.194 e. The summed E-state index contributed by atoms with van der Waals surface area (Å²) >= 11 is 0. The molecule has 27 heavy (non-hydrogen) atoms. The van der Waals surface area contributed by atoms with Gasteiger partial charge in [0, 0.05) is 45.0 Å². The number of hydrogen-bond donors (Lipinski definition) is 1. The molecular formula is C18H26FN5O2S. The quantitative estimate of drug-likeness (QED) is 0.603. The van der Waals surface area contributed by atoms with E-state index in [9.17, 15) is 12.8 Å². The van der Waals surface area contributed by atoms with Gasteiger partial charge in [0.05, 0.1) is 11.5 Å². The van der Waals surface area contributed by atoms with Gasteiger partial charge in [-0.3, -0.25) is 4.99 Å². The normalized spacial score (nSPS) is 25.7. The Morgan fingerprint density at radius 3 is 2.67 bits per heavy atom. The number of pyridine rings is 1. The number of piperazine rings is 1. The predicted molar refractivity (Wildman–Crippen MR) is 103 cm³/mol. The van der Waals surface area contributed by atoms with E-state index in [-0.39, 0.29) is 23.2 Å². The summed E-state index contributed by atoms with van der Waals surface area (Å²) in [6, 6.07) is 3.51. The Morgan fingerprint density at radius 2 is 2.04 bits per heavy atom. The van der Waals surface area contributed by atoms with Crippen molar-refractivity contribution in [1.29, 1.82) is 0 Å². The molecule has 0 radical (unpaired) electrons. The third-order valence-electron chi connectivity index (χ3n) is 5.35. The first-order chi connectivity index (χ1) is 13.0. The van der Waals surface area contributed by atoms with Crippen molar-refractivity contribution in [2.45, 2.75) is 25.3 Å². The molecule has 3 aliphatic rings. The lowest BCUT2D eigenvalue weighted by Crippen LogP contribution is -2.53. The highest BCUT2D eigenvalue weighted by Crippen LogP contribution is 2.22. The number of guanidine groups is 1. The van der Waals surface area contributed by atoms with Crippen molar-refractivity contribution >= 4 is 21.6 Å². The van der Waals surface area contributed by atoms with Gasteiger partial charge in [0.15, 0.2) is 27.4 Å². The summed E-state index contributed by atoms with van der Waals surface area (Å²) in [5.41, 5.74) is 0. The topological polar surface area (TPSA) is 77.9 Å². The van der Waals surface area contributed by atoms with E-state index in [1.54, 1.807) is 12.3 Å². The largest absolute Gasteiger partial charge is 0.354 e. The number of rotatable bonds is 4. The van der Waals surface area contributed by atoms with Crippen LogP contribution in [0.5, 0.6) is 0 Å². The van der Waals surface area contributed by atoms with Gasteiger partial charge >= 0.3 is 0 Å². The molecule has 2 saturated heterocycles.